The van der Waals surface area contributed by atoms with E-state index in [1.165, 1.54) is 11.1 Å². The largest absolute Gasteiger partial charge is 0.359 e. The summed E-state index contributed by atoms with van der Waals surface area (Å²) in [5, 5.41) is 4.73. The number of nitrogens with zero attached hydrogens (tertiary/aromatic N) is 4. The van der Waals surface area contributed by atoms with Gasteiger partial charge in [0.05, 0.1) is 17.1 Å². The summed E-state index contributed by atoms with van der Waals surface area (Å²) in [7, 11) is 2.10. The van der Waals surface area contributed by atoms with Crippen LogP contribution in [-0.2, 0) is 6.42 Å². The standard InChI is InChI=1S/C25H26N4/c1-19-8-7-11-23(16-19)29-24(17-20(2)27-29)22-12-14-26-25(18-22)28(3)15-13-21-9-5-4-6-10-21/h4-12,14,16-18H,13,15H2,1-3H3. The molecule has 4 heteroatoms. The molecule has 0 radical (unpaired) electrons. The summed E-state index contributed by atoms with van der Waals surface area (Å²) in [5.74, 6) is 0.966. The number of anilines is 1. The zero-order valence-electron chi connectivity index (χ0n) is 17.2. The fourth-order valence-corrected chi connectivity index (χ4v) is 3.50. The molecule has 0 fully saturated rings. The van der Waals surface area contributed by atoms with Gasteiger partial charge in [0.1, 0.15) is 5.82 Å². The van der Waals surface area contributed by atoms with Crippen molar-refractivity contribution in [3.05, 3.63) is 95.8 Å². The summed E-state index contributed by atoms with van der Waals surface area (Å²) < 4.78 is 2.02. The van der Waals surface area contributed by atoms with Crippen molar-refractivity contribution in [1.29, 1.82) is 0 Å². The second-order valence-electron chi connectivity index (χ2n) is 7.48. The minimum Gasteiger partial charge on any atom is -0.359 e. The highest BCUT2D eigenvalue weighted by molar-refractivity contribution is 5.66. The quantitative estimate of drug-likeness (QED) is 0.458. The number of hydrogen-bond acceptors (Lipinski definition) is 3. The van der Waals surface area contributed by atoms with Crippen LogP contribution in [0.4, 0.5) is 5.82 Å². The normalized spacial score (nSPS) is 10.9. The van der Waals surface area contributed by atoms with Crippen LogP contribution in [0.5, 0.6) is 0 Å². The summed E-state index contributed by atoms with van der Waals surface area (Å²) in [6, 6.07) is 25.3. The number of benzene rings is 2. The number of aromatic nitrogens is 3. The minimum atomic E-state index is 0.913. The van der Waals surface area contributed by atoms with Crippen LogP contribution in [0.3, 0.4) is 0 Å². The lowest BCUT2D eigenvalue weighted by Gasteiger charge is -2.19. The van der Waals surface area contributed by atoms with E-state index in [1.54, 1.807) is 0 Å². The molecule has 146 valence electrons. The highest BCUT2D eigenvalue weighted by atomic mass is 15.3. The van der Waals surface area contributed by atoms with Gasteiger partial charge < -0.3 is 4.90 Å². The van der Waals surface area contributed by atoms with Crippen molar-refractivity contribution < 1.29 is 0 Å². The van der Waals surface area contributed by atoms with Crippen LogP contribution in [0, 0.1) is 13.8 Å². The Kier molecular flexibility index (Phi) is 5.43. The number of hydrogen-bond donors (Lipinski definition) is 0. The van der Waals surface area contributed by atoms with Crippen molar-refractivity contribution in [2.45, 2.75) is 20.3 Å². The third-order valence-corrected chi connectivity index (χ3v) is 5.09. The van der Waals surface area contributed by atoms with Crippen LogP contribution in [0.25, 0.3) is 16.9 Å². The highest BCUT2D eigenvalue weighted by Gasteiger charge is 2.12. The van der Waals surface area contributed by atoms with E-state index in [0.717, 1.165) is 41.4 Å². The molecule has 0 spiro atoms. The molecule has 0 atom stereocenters. The third kappa shape index (κ3) is 4.37. The Balaban J connectivity index is 1.61. The Morgan fingerprint density at radius 1 is 0.897 bits per heavy atom. The molecule has 29 heavy (non-hydrogen) atoms. The molecule has 2 heterocycles. The van der Waals surface area contributed by atoms with Crippen molar-refractivity contribution in [3.63, 3.8) is 0 Å². The number of rotatable bonds is 6. The Hall–Kier alpha value is -3.40. The van der Waals surface area contributed by atoms with Gasteiger partial charge in [-0.05, 0) is 61.7 Å². The van der Waals surface area contributed by atoms with E-state index in [1.807, 2.05) is 17.8 Å². The first kappa shape index (κ1) is 18.9. The summed E-state index contributed by atoms with van der Waals surface area (Å²) in [4.78, 5) is 6.80. The number of aryl methyl sites for hydroxylation is 2. The maximum Gasteiger partial charge on any atom is 0.128 e. The molecule has 0 bridgehead atoms. The Labute approximate surface area is 172 Å². The van der Waals surface area contributed by atoms with Gasteiger partial charge in [-0.1, -0.05) is 42.5 Å². The first-order chi connectivity index (χ1) is 14.1. The molecule has 0 aliphatic heterocycles. The van der Waals surface area contributed by atoms with E-state index in [2.05, 4.69) is 96.7 Å². The van der Waals surface area contributed by atoms with Gasteiger partial charge in [0.2, 0.25) is 0 Å². The maximum atomic E-state index is 4.73. The third-order valence-electron chi connectivity index (χ3n) is 5.09. The summed E-state index contributed by atoms with van der Waals surface area (Å²) in [6.07, 6.45) is 2.87. The average molecular weight is 383 g/mol. The second-order valence-corrected chi connectivity index (χ2v) is 7.48. The molecule has 0 aliphatic carbocycles. The number of pyridine rings is 1. The molecule has 2 aromatic heterocycles. The molecule has 4 nitrogen and oxygen atoms in total. The molecular formula is C25H26N4. The average Bonchev–Trinajstić information content (AvgIpc) is 3.15. The zero-order valence-corrected chi connectivity index (χ0v) is 17.2. The van der Waals surface area contributed by atoms with Crippen molar-refractivity contribution in [2.75, 3.05) is 18.5 Å². The van der Waals surface area contributed by atoms with Crippen LogP contribution in [0.2, 0.25) is 0 Å². The zero-order chi connectivity index (χ0) is 20.2. The van der Waals surface area contributed by atoms with E-state index in [0.29, 0.717) is 0 Å². The van der Waals surface area contributed by atoms with Gasteiger partial charge in [-0.15, -0.1) is 0 Å². The molecule has 4 aromatic rings. The molecule has 2 aromatic carbocycles. The molecule has 0 unspecified atom stereocenters. The molecule has 0 amide bonds. The minimum absolute atomic E-state index is 0.913. The second kappa shape index (κ2) is 8.31. The summed E-state index contributed by atoms with van der Waals surface area (Å²) in [6.45, 7) is 5.05. The van der Waals surface area contributed by atoms with E-state index in [4.69, 9.17) is 5.10 Å². The van der Waals surface area contributed by atoms with Crippen molar-refractivity contribution in [3.8, 4) is 16.9 Å². The van der Waals surface area contributed by atoms with Crippen LogP contribution in [0.1, 0.15) is 16.8 Å². The van der Waals surface area contributed by atoms with Crippen LogP contribution >= 0.6 is 0 Å². The Morgan fingerprint density at radius 3 is 2.52 bits per heavy atom. The topological polar surface area (TPSA) is 34.0 Å². The first-order valence-electron chi connectivity index (χ1n) is 9.95. The van der Waals surface area contributed by atoms with E-state index in [-0.39, 0.29) is 0 Å². The number of likely N-dealkylation sites (N-methyl/N-ethyl adjacent to an activating group) is 1. The fraction of sp³-hybridized carbons (Fsp3) is 0.200. The van der Waals surface area contributed by atoms with Gasteiger partial charge >= 0.3 is 0 Å². The lowest BCUT2D eigenvalue weighted by Crippen LogP contribution is -2.21. The van der Waals surface area contributed by atoms with Gasteiger partial charge in [-0.25, -0.2) is 9.67 Å². The van der Waals surface area contributed by atoms with Crippen molar-refractivity contribution in [2.24, 2.45) is 0 Å². The van der Waals surface area contributed by atoms with Crippen molar-refractivity contribution in [1.82, 2.24) is 14.8 Å². The predicted octanol–water partition coefficient (Wildman–Crippen LogP) is 5.23. The lowest BCUT2D eigenvalue weighted by atomic mass is 10.1. The van der Waals surface area contributed by atoms with E-state index >= 15 is 0 Å². The Bertz CT molecular complexity index is 1100. The van der Waals surface area contributed by atoms with Crippen LogP contribution < -0.4 is 4.90 Å². The van der Waals surface area contributed by atoms with Gasteiger partial charge in [-0.3, -0.25) is 0 Å². The van der Waals surface area contributed by atoms with Crippen LogP contribution in [0.15, 0.2) is 79.0 Å². The van der Waals surface area contributed by atoms with Gasteiger partial charge in [-0.2, -0.15) is 5.10 Å². The maximum absolute atomic E-state index is 4.73. The van der Waals surface area contributed by atoms with Gasteiger partial charge in [0.15, 0.2) is 0 Å². The predicted molar refractivity (Wildman–Crippen MR) is 120 cm³/mol. The van der Waals surface area contributed by atoms with Gasteiger partial charge in [0, 0.05) is 25.4 Å². The van der Waals surface area contributed by atoms with Crippen molar-refractivity contribution >= 4 is 5.82 Å². The molecular weight excluding hydrogens is 356 g/mol. The SMILES string of the molecule is Cc1cccc(-n2nc(C)cc2-c2ccnc(N(C)CCc3ccccc3)c2)c1. The van der Waals surface area contributed by atoms with Crippen LogP contribution in [-0.4, -0.2) is 28.4 Å². The molecule has 0 saturated heterocycles. The monoisotopic (exact) mass is 382 g/mol. The molecule has 0 aliphatic rings. The molecule has 0 saturated carbocycles. The smallest absolute Gasteiger partial charge is 0.128 e. The Morgan fingerprint density at radius 2 is 1.72 bits per heavy atom. The lowest BCUT2D eigenvalue weighted by molar-refractivity contribution is 0.856. The van der Waals surface area contributed by atoms with E-state index in [9.17, 15) is 0 Å². The highest BCUT2D eigenvalue weighted by Crippen LogP contribution is 2.26. The summed E-state index contributed by atoms with van der Waals surface area (Å²) in [5.41, 5.74) is 6.82. The van der Waals surface area contributed by atoms with Gasteiger partial charge in [0.25, 0.3) is 0 Å². The molecule has 4 rings (SSSR count). The fourth-order valence-electron chi connectivity index (χ4n) is 3.50. The summed E-state index contributed by atoms with van der Waals surface area (Å²) >= 11 is 0. The molecule has 0 N–H and O–H groups in total. The van der Waals surface area contributed by atoms with E-state index < -0.39 is 0 Å². The first-order valence-corrected chi connectivity index (χ1v) is 9.95.